The SMILES string of the molecule is CCCC(C)CCC(C)CC.CCCCC(C)=O.CCCCCC(CCC)N(C)Cc1ccsc1NC=O.CCc1cc(C)cc(C)c1N. The molecule has 3 atom stereocenters. The molecule has 0 saturated carbocycles. The van der Waals surface area contributed by atoms with E-state index in [-0.39, 0.29) is 0 Å². The zero-order valence-electron chi connectivity index (χ0n) is 34.2. The first-order chi connectivity index (χ1) is 23.3. The van der Waals surface area contributed by atoms with Crippen LogP contribution in [0.1, 0.15) is 174 Å². The van der Waals surface area contributed by atoms with E-state index in [9.17, 15) is 9.59 Å². The number of amides is 1. The molecule has 1 amide bonds. The Hall–Kier alpha value is -2.18. The number of nitrogen functional groups attached to an aromatic ring is 1. The molecule has 0 fully saturated rings. The van der Waals surface area contributed by atoms with Crippen molar-refractivity contribution in [3.05, 3.63) is 45.8 Å². The Labute approximate surface area is 308 Å². The molecule has 0 aliphatic heterocycles. The van der Waals surface area contributed by atoms with Crippen molar-refractivity contribution in [2.24, 2.45) is 11.8 Å². The van der Waals surface area contributed by atoms with Gasteiger partial charge in [-0.05, 0) is 87.9 Å². The van der Waals surface area contributed by atoms with Crippen LogP contribution in [-0.4, -0.2) is 30.2 Å². The summed E-state index contributed by atoms with van der Waals surface area (Å²) in [5.41, 5.74) is 11.8. The number of anilines is 2. The second-order valence-corrected chi connectivity index (χ2v) is 15.1. The highest BCUT2D eigenvalue weighted by Gasteiger charge is 2.16. The molecule has 1 aromatic carbocycles. The van der Waals surface area contributed by atoms with Gasteiger partial charge in [-0.2, -0.15) is 0 Å². The first-order valence-corrected chi connectivity index (χ1v) is 20.5. The van der Waals surface area contributed by atoms with Crippen LogP contribution in [0.3, 0.4) is 0 Å². The maximum absolute atomic E-state index is 10.6. The normalized spacial score (nSPS) is 12.3. The van der Waals surface area contributed by atoms with Crippen molar-refractivity contribution in [1.29, 1.82) is 0 Å². The second kappa shape index (κ2) is 31.8. The van der Waals surface area contributed by atoms with E-state index in [1.165, 1.54) is 92.9 Å². The van der Waals surface area contributed by atoms with Gasteiger partial charge >= 0.3 is 0 Å². The Balaban J connectivity index is 0. The molecule has 1 heterocycles. The van der Waals surface area contributed by atoms with Gasteiger partial charge < -0.3 is 15.8 Å². The van der Waals surface area contributed by atoms with Gasteiger partial charge in [0.2, 0.25) is 6.41 Å². The number of carbonyl (C=O) groups excluding carboxylic acids is 2. The largest absolute Gasteiger partial charge is 0.398 e. The topological polar surface area (TPSA) is 75.4 Å². The fourth-order valence-electron chi connectivity index (χ4n) is 5.78. The summed E-state index contributed by atoms with van der Waals surface area (Å²) in [5, 5.41) is 5.82. The van der Waals surface area contributed by atoms with Gasteiger partial charge in [0.05, 0.1) is 5.00 Å². The van der Waals surface area contributed by atoms with Gasteiger partial charge in [-0.25, -0.2) is 0 Å². The molecule has 6 heteroatoms. The van der Waals surface area contributed by atoms with E-state index in [1.807, 2.05) is 5.38 Å². The Kier molecular flexibility index (Phi) is 31.7. The van der Waals surface area contributed by atoms with Crippen LogP contribution in [0.4, 0.5) is 10.7 Å². The van der Waals surface area contributed by atoms with E-state index in [0.717, 1.165) is 61.2 Å². The highest BCUT2D eigenvalue weighted by atomic mass is 32.1. The van der Waals surface area contributed by atoms with Gasteiger partial charge in [0.1, 0.15) is 5.78 Å². The molecule has 49 heavy (non-hydrogen) atoms. The lowest BCUT2D eigenvalue weighted by Gasteiger charge is -2.28. The predicted molar refractivity (Wildman–Crippen MR) is 221 cm³/mol. The maximum atomic E-state index is 10.6. The number of aryl methyl sites for hydroxylation is 3. The minimum absolute atomic E-state index is 0.307. The zero-order chi connectivity index (χ0) is 37.6. The van der Waals surface area contributed by atoms with Crippen molar-refractivity contribution in [3.8, 4) is 0 Å². The lowest BCUT2D eigenvalue weighted by Crippen LogP contribution is -2.31. The van der Waals surface area contributed by atoms with E-state index in [4.69, 9.17) is 5.73 Å². The van der Waals surface area contributed by atoms with Crippen LogP contribution < -0.4 is 11.1 Å². The van der Waals surface area contributed by atoms with Crippen LogP contribution in [0, 0.1) is 25.7 Å². The quantitative estimate of drug-likeness (QED) is 0.0772. The molecule has 5 nitrogen and oxygen atoms in total. The van der Waals surface area contributed by atoms with Crippen molar-refractivity contribution >= 4 is 34.2 Å². The van der Waals surface area contributed by atoms with Gasteiger partial charge in [-0.15, -0.1) is 11.3 Å². The van der Waals surface area contributed by atoms with Crippen LogP contribution in [0.5, 0.6) is 0 Å². The number of thiophene rings is 1. The lowest BCUT2D eigenvalue weighted by atomic mass is 9.94. The molecule has 0 bridgehead atoms. The van der Waals surface area contributed by atoms with Crippen LogP contribution >= 0.6 is 11.3 Å². The third-order valence-electron chi connectivity index (χ3n) is 9.25. The van der Waals surface area contributed by atoms with Crippen LogP contribution in [0.25, 0.3) is 0 Å². The summed E-state index contributed by atoms with van der Waals surface area (Å²) in [6, 6.07) is 7.04. The van der Waals surface area contributed by atoms with Crippen molar-refractivity contribution in [2.75, 3.05) is 18.1 Å². The third kappa shape index (κ3) is 25.4. The molecule has 0 aliphatic rings. The monoisotopic (exact) mass is 702 g/mol. The summed E-state index contributed by atoms with van der Waals surface area (Å²) >= 11 is 1.59. The van der Waals surface area contributed by atoms with Crippen LogP contribution in [0.2, 0.25) is 0 Å². The number of benzene rings is 1. The minimum atomic E-state index is 0.307. The molecule has 3 N–H and O–H groups in total. The number of carbonyl (C=O) groups is 2. The highest BCUT2D eigenvalue weighted by molar-refractivity contribution is 7.14. The Morgan fingerprint density at radius 2 is 1.49 bits per heavy atom. The number of unbranched alkanes of at least 4 members (excludes halogenated alkanes) is 3. The number of ketones is 1. The fourth-order valence-corrected chi connectivity index (χ4v) is 6.55. The summed E-state index contributed by atoms with van der Waals surface area (Å²) < 4.78 is 0. The van der Waals surface area contributed by atoms with Crippen molar-refractivity contribution < 1.29 is 9.59 Å². The number of Topliss-reactive ketones (excluding diaryl/α,β-unsaturated/α-hetero) is 1. The molecular weight excluding hydrogens is 623 g/mol. The average Bonchev–Trinajstić information content (AvgIpc) is 3.51. The molecule has 0 spiro atoms. The summed E-state index contributed by atoms with van der Waals surface area (Å²) in [4.78, 5) is 23.2. The van der Waals surface area contributed by atoms with Gasteiger partial charge in [0, 0.05) is 30.3 Å². The van der Waals surface area contributed by atoms with E-state index in [0.29, 0.717) is 11.8 Å². The molecule has 0 radical (unpaired) electrons. The number of nitrogens with two attached hydrogens (primary N) is 1. The van der Waals surface area contributed by atoms with Crippen molar-refractivity contribution in [3.63, 3.8) is 0 Å². The summed E-state index contributed by atoms with van der Waals surface area (Å²) in [7, 11) is 2.20. The zero-order valence-corrected chi connectivity index (χ0v) is 35.0. The number of nitrogens with one attached hydrogen (secondary N) is 1. The average molecular weight is 702 g/mol. The number of hydrogen-bond donors (Lipinski definition) is 2. The minimum Gasteiger partial charge on any atom is -0.398 e. The third-order valence-corrected chi connectivity index (χ3v) is 10.1. The second-order valence-electron chi connectivity index (χ2n) is 14.2. The molecule has 0 saturated heterocycles. The van der Waals surface area contributed by atoms with Crippen molar-refractivity contribution in [1.82, 2.24) is 4.90 Å². The van der Waals surface area contributed by atoms with E-state index < -0.39 is 0 Å². The molecule has 0 aliphatic carbocycles. The van der Waals surface area contributed by atoms with Gasteiger partial charge in [0.15, 0.2) is 0 Å². The van der Waals surface area contributed by atoms with Gasteiger partial charge in [0.25, 0.3) is 0 Å². The van der Waals surface area contributed by atoms with E-state index >= 15 is 0 Å². The number of rotatable bonds is 21. The summed E-state index contributed by atoms with van der Waals surface area (Å²) in [6.07, 6.45) is 19.4. The predicted octanol–water partition coefficient (Wildman–Crippen LogP) is 13.0. The summed E-state index contributed by atoms with van der Waals surface area (Å²) in [5.74, 6) is 2.20. The maximum Gasteiger partial charge on any atom is 0.212 e. The number of nitrogens with zero attached hydrogens (tertiary/aromatic N) is 1. The smallest absolute Gasteiger partial charge is 0.212 e. The number of hydrogen-bond acceptors (Lipinski definition) is 5. The molecule has 2 rings (SSSR count). The highest BCUT2D eigenvalue weighted by Crippen LogP contribution is 2.26. The first kappa shape index (κ1) is 48.9. The Morgan fingerprint density at radius 3 is 2.00 bits per heavy atom. The van der Waals surface area contributed by atoms with Gasteiger partial charge in [-0.3, -0.25) is 9.69 Å². The van der Waals surface area contributed by atoms with E-state index in [1.54, 1.807) is 18.3 Å². The van der Waals surface area contributed by atoms with E-state index in [2.05, 4.69) is 105 Å². The molecule has 1 aromatic heterocycles. The molecular formula is C43H79N3O2S. The summed E-state index contributed by atoms with van der Waals surface area (Å²) in [6.45, 7) is 24.7. The lowest BCUT2D eigenvalue weighted by molar-refractivity contribution is -0.117. The Morgan fingerprint density at radius 1 is 0.857 bits per heavy atom. The standard InChI is InChI=1S/C16H28N2OS.C11H24.C10H15N.C6H12O/c1-4-6-7-9-15(8-5-2)18(3)12-14-10-11-20-16(14)17-13-19;1-5-7-11(4)9-8-10(3)6-2;1-4-9-6-7(2)5-8(3)10(9)11;1-3-4-5-6(2)7/h10-11,13,15H,4-9,12H2,1-3H3,(H,17,19);10-11H,5-9H2,1-4H3;5-6H,4,11H2,1-3H3;3-5H2,1-2H3. The molecule has 3 unspecified atom stereocenters. The van der Waals surface area contributed by atoms with Crippen molar-refractivity contribution in [2.45, 2.75) is 185 Å². The van der Waals surface area contributed by atoms with Gasteiger partial charge in [-0.1, -0.05) is 137 Å². The fraction of sp³-hybridized carbons (Fsp3) is 0.721. The first-order valence-electron chi connectivity index (χ1n) is 19.7. The molecule has 2 aromatic rings. The van der Waals surface area contributed by atoms with Crippen LogP contribution in [-0.2, 0) is 22.6 Å². The Bertz CT molecular complexity index is 1080. The molecule has 284 valence electrons. The van der Waals surface area contributed by atoms with Crippen LogP contribution in [0.15, 0.2) is 23.6 Å².